The number of hydrogen-bond donors (Lipinski definition) is 0. The van der Waals surface area contributed by atoms with Gasteiger partial charge in [0.15, 0.2) is 6.39 Å². The van der Waals surface area contributed by atoms with E-state index in [-0.39, 0.29) is 5.75 Å². The van der Waals surface area contributed by atoms with Crippen LogP contribution in [0, 0.1) is 0 Å². The van der Waals surface area contributed by atoms with Crippen LogP contribution in [0.3, 0.4) is 0 Å². The highest BCUT2D eigenvalue weighted by molar-refractivity contribution is 7.89. The van der Waals surface area contributed by atoms with Crippen LogP contribution in [0.2, 0.25) is 0 Å². The van der Waals surface area contributed by atoms with Crippen LogP contribution in [0.15, 0.2) is 17.1 Å². The van der Waals surface area contributed by atoms with Crippen LogP contribution in [0.1, 0.15) is 31.5 Å². The van der Waals surface area contributed by atoms with E-state index in [0.29, 0.717) is 25.2 Å². The Bertz CT molecular complexity index is 749. The monoisotopic (exact) mass is 324 g/mol. The average Bonchev–Trinajstić information content (AvgIpc) is 3.15. The minimum Gasteiger partial charge on any atom is -0.451 e. The van der Waals surface area contributed by atoms with Gasteiger partial charge in [-0.1, -0.05) is 6.92 Å². The summed E-state index contributed by atoms with van der Waals surface area (Å²) in [5.41, 5.74) is 3.45. The number of aryl methyl sites for hydroxylation is 1. The summed E-state index contributed by atoms with van der Waals surface area (Å²) in [7, 11) is -3.20. The molecule has 0 radical (unpaired) electrons. The van der Waals surface area contributed by atoms with E-state index in [1.54, 1.807) is 13.2 Å². The zero-order chi connectivity index (χ0) is 15.7. The summed E-state index contributed by atoms with van der Waals surface area (Å²) in [5.74, 6) is 0.116. The van der Waals surface area contributed by atoms with Crippen LogP contribution >= 0.6 is 0 Å². The van der Waals surface area contributed by atoms with E-state index in [9.17, 15) is 8.42 Å². The van der Waals surface area contributed by atoms with Crippen molar-refractivity contribution in [1.29, 1.82) is 0 Å². The molecule has 0 saturated heterocycles. The number of nitrogens with zero attached hydrogens (tertiary/aromatic N) is 4. The van der Waals surface area contributed by atoms with Gasteiger partial charge in [0.2, 0.25) is 10.0 Å². The molecule has 0 aromatic carbocycles. The fourth-order valence-electron chi connectivity index (χ4n) is 2.82. The number of oxazole rings is 1. The van der Waals surface area contributed by atoms with Gasteiger partial charge in [-0.25, -0.2) is 13.4 Å². The Labute approximate surface area is 130 Å². The van der Waals surface area contributed by atoms with E-state index < -0.39 is 10.0 Å². The van der Waals surface area contributed by atoms with Crippen LogP contribution in [0.4, 0.5) is 0 Å². The molecular weight excluding hydrogens is 304 g/mol. The molecule has 1 aliphatic heterocycles. The predicted molar refractivity (Wildman–Crippen MR) is 81.6 cm³/mol. The molecule has 0 unspecified atom stereocenters. The molecule has 0 bridgehead atoms. The smallest absolute Gasteiger partial charge is 0.214 e. The first-order valence-corrected chi connectivity index (χ1v) is 9.12. The summed E-state index contributed by atoms with van der Waals surface area (Å²) in [6.07, 6.45) is 4.57. The van der Waals surface area contributed by atoms with Gasteiger partial charge in [-0.2, -0.15) is 9.40 Å². The van der Waals surface area contributed by atoms with Crippen molar-refractivity contribution in [2.24, 2.45) is 0 Å². The van der Waals surface area contributed by atoms with Crippen molar-refractivity contribution >= 4 is 10.0 Å². The minimum absolute atomic E-state index is 0.116. The second-order valence-corrected chi connectivity index (χ2v) is 7.61. The van der Waals surface area contributed by atoms with E-state index in [2.05, 4.69) is 17.0 Å². The highest BCUT2D eigenvalue weighted by atomic mass is 32.2. The SMILES string of the molecule is CCCn1nc(-c2cocn2)c2c1CCN(S(=O)(=O)CC)C2. The number of rotatable bonds is 5. The molecule has 3 rings (SSSR count). The molecule has 0 atom stereocenters. The Hall–Kier alpha value is -1.67. The molecule has 3 heterocycles. The Morgan fingerprint density at radius 1 is 1.36 bits per heavy atom. The molecule has 1 aliphatic rings. The molecule has 0 N–H and O–H groups in total. The van der Waals surface area contributed by atoms with Gasteiger partial charge in [-0.3, -0.25) is 4.68 Å². The highest BCUT2D eigenvalue weighted by Crippen LogP contribution is 2.30. The second kappa shape index (κ2) is 5.85. The molecule has 8 heteroatoms. The highest BCUT2D eigenvalue weighted by Gasteiger charge is 2.31. The van der Waals surface area contributed by atoms with Crippen molar-refractivity contribution < 1.29 is 12.8 Å². The van der Waals surface area contributed by atoms with Crippen LogP contribution in [0.5, 0.6) is 0 Å². The second-order valence-electron chi connectivity index (χ2n) is 5.35. The van der Waals surface area contributed by atoms with Crippen LogP contribution < -0.4 is 0 Å². The summed E-state index contributed by atoms with van der Waals surface area (Å²) in [6.45, 7) is 5.46. The van der Waals surface area contributed by atoms with E-state index in [1.165, 1.54) is 10.7 Å². The molecule has 0 amide bonds. The van der Waals surface area contributed by atoms with Crippen molar-refractivity contribution in [3.8, 4) is 11.4 Å². The van der Waals surface area contributed by atoms with Gasteiger partial charge in [-0.05, 0) is 13.3 Å². The van der Waals surface area contributed by atoms with Crippen LogP contribution in [0.25, 0.3) is 11.4 Å². The zero-order valence-electron chi connectivity index (χ0n) is 12.8. The lowest BCUT2D eigenvalue weighted by Gasteiger charge is -2.26. The van der Waals surface area contributed by atoms with E-state index in [4.69, 9.17) is 4.42 Å². The van der Waals surface area contributed by atoms with Crippen molar-refractivity contribution in [2.45, 2.75) is 39.8 Å². The quantitative estimate of drug-likeness (QED) is 0.835. The first-order valence-electron chi connectivity index (χ1n) is 7.51. The summed E-state index contributed by atoms with van der Waals surface area (Å²) >= 11 is 0. The van der Waals surface area contributed by atoms with Gasteiger partial charge in [0.1, 0.15) is 17.7 Å². The third-order valence-electron chi connectivity index (χ3n) is 3.97. The molecule has 7 nitrogen and oxygen atoms in total. The Morgan fingerprint density at radius 3 is 2.82 bits per heavy atom. The fraction of sp³-hybridized carbons (Fsp3) is 0.571. The normalized spacial score (nSPS) is 15.9. The standard InChI is InChI=1S/C14H20N4O3S/c1-3-6-18-13-5-7-17(22(19,20)4-2)8-11(13)14(16-18)12-9-21-10-15-12/h9-10H,3-8H2,1-2H3. The van der Waals surface area contributed by atoms with E-state index in [0.717, 1.165) is 29.9 Å². The van der Waals surface area contributed by atoms with E-state index in [1.807, 2.05) is 4.68 Å². The first-order chi connectivity index (χ1) is 10.6. The third kappa shape index (κ3) is 2.56. The topological polar surface area (TPSA) is 81.2 Å². The summed E-state index contributed by atoms with van der Waals surface area (Å²) in [6, 6.07) is 0. The minimum atomic E-state index is -3.20. The Kier molecular flexibility index (Phi) is 4.05. The fourth-order valence-corrected chi connectivity index (χ4v) is 3.88. The maximum Gasteiger partial charge on any atom is 0.214 e. The Morgan fingerprint density at radius 2 is 2.18 bits per heavy atom. The van der Waals surface area contributed by atoms with Gasteiger partial charge in [0.05, 0.1) is 5.75 Å². The average molecular weight is 324 g/mol. The lowest BCUT2D eigenvalue weighted by atomic mass is 10.1. The van der Waals surface area contributed by atoms with Crippen molar-refractivity contribution in [2.75, 3.05) is 12.3 Å². The third-order valence-corrected chi connectivity index (χ3v) is 5.80. The molecule has 2 aromatic rings. The number of fused-ring (bicyclic) bond motifs is 1. The molecule has 22 heavy (non-hydrogen) atoms. The van der Waals surface area contributed by atoms with Gasteiger partial charge in [0.25, 0.3) is 0 Å². The largest absolute Gasteiger partial charge is 0.451 e. The molecule has 0 fully saturated rings. The molecular formula is C14H20N4O3S. The number of hydrogen-bond acceptors (Lipinski definition) is 5. The van der Waals surface area contributed by atoms with Gasteiger partial charge >= 0.3 is 0 Å². The van der Waals surface area contributed by atoms with Crippen molar-refractivity contribution in [1.82, 2.24) is 19.1 Å². The van der Waals surface area contributed by atoms with Crippen molar-refractivity contribution in [3.05, 3.63) is 23.9 Å². The molecule has 0 aliphatic carbocycles. The Balaban J connectivity index is 2.04. The first kappa shape index (κ1) is 15.2. The maximum absolute atomic E-state index is 12.2. The van der Waals surface area contributed by atoms with Gasteiger partial charge in [0, 0.05) is 37.3 Å². The lowest BCUT2D eigenvalue weighted by molar-refractivity contribution is 0.383. The summed E-state index contributed by atoms with van der Waals surface area (Å²) in [5, 5.41) is 4.64. The number of aromatic nitrogens is 3. The number of sulfonamides is 1. The lowest BCUT2D eigenvalue weighted by Crippen LogP contribution is -2.37. The zero-order valence-corrected chi connectivity index (χ0v) is 13.6. The molecule has 2 aromatic heterocycles. The summed E-state index contributed by atoms with van der Waals surface area (Å²) in [4.78, 5) is 4.16. The van der Waals surface area contributed by atoms with Gasteiger partial charge < -0.3 is 4.42 Å². The summed E-state index contributed by atoms with van der Waals surface area (Å²) < 4.78 is 32.9. The van der Waals surface area contributed by atoms with E-state index >= 15 is 0 Å². The van der Waals surface area contributed by atoms with Crippen LogP contribution in [-0.4, -0.2) is 39.8 Å². The molecule has 0 spiro atoms. The molecule has 0 saturated carbocycles. The molecule has 120 valence electrons. The van der Waals surface area contributed by atoms with Crippen molar-refractivity contribution in [3.63, 3.8) is 0 Å². The maximum atomic E-state index is 12.2. The predicted octanol–water partition coefficient (Wildman–Crippen LogP) is 1.66. The van der Waals surface area contributed by atoms with Crippen LogP contribution in [-0.2, 0) is 29.5 Å². The van der Waals surface area contributed by atoms with Gasteiger partial charge in [-0.15, -0.1) is 0 Å².